The molecule has 0 radical (unpaired) electrons. The fraction of sp³-hybridized carbons (Fsp3) is 0.471. The van der Waals surface area contributed by atoms with Gasteiger partial charge in [-0.25, -0.2) is 0 Å². The van der Waals surface area contributed by atoms with E-state index in [0.29, 0.717) is 19.7 Å². The lowest BCUT2D eigenvalue weighted by Crippen LogP contribution is -2.39. The number of thiophene rings is 2. The molecular weight excluding hydrogens is 330 g/mol. The number of rotatable bonds is 5. The molecule has 0 aromatic carbocycles. The van der Waals surface area contributed by atoms with E-state index in [9.17, 15) is 9.90 Å². The Balaban J connectivity index is 1.56. The summed E-state index contributed by atoms with van der Waals surface area (Å²) >= 11 is 3.10. The lowest BCUT2D eigenvalue weighted by atomic mass is 9.90. The van der Waals surface area contributed by atoms with Crippen molar-refractivity contribution in [1.29, 1.82) is 0 Å². The summed E-state index contributed by atoms with van der Waals surface area (Å²) in [6, 6.07) is 7.79. The third-order valence-electron chi connectivity index (χ3n) is 4.27. The Morgan fingerprint density at radius 3 is 2.83 bits per heavy atom. The summed E-state index contributed by atoms with van der Waals surface area (Å²) in [5.74, 6) is 0.339. The quantitative estimate of drug-likeness (QED) is 0.896. The molecule has 0 unspecified atom stereocenters. The van der Waals surface area contributed by atoms with Crippen LogP contribution in [0.25, 0.3) is 0 Å². The smallest absolute Gasteiger partial charge is 0.263 e. The Labute approximate surface area is 144 Å². The number of ether oxygens (including phenoxy) is 1. The number of nitrogens with zero attached hydrogens (tertiary/aromatic N) is 1. The summed E-state index contributed by atoms with van der Waals surface area (Å²) in [4.78, 5) is 17.3. The van der Waals surface area contributed by atoms with E-state index in [1.165, 1.54) is 11.3 Å². The maximum atomic E-state index is 12.6. The van der Waals surface area contributed by atoms with Gasteiger partial charge < -0.3 is 14.7 Å². The van der Waals surface area contributed by atoms with Crippen LogP contribution in [0.3, 0.4) is 0 Å². The van der Waals surface area contributed by atoms with Crippen LogP contribution in [0, 0.1) is 5.92 Å². The molecule has 3 heterocycles. The molecule has 1 aliphatic rings. The summed E-state index contributed by atoms with van der Waals surface area (Å²) in [6.07, 6.45) is 1.30. The number of piperidine rings is 1. The maximum absolute atomic E-state index is 12.6. The van der Waals surface area contributed by atoms with Crippen molar-refractivity contribution in [2.24, 2.45) is 5.92 Å². The van der Waals surface area contributed by atoms with Gasteiger partial charge in [-0.2, -0.15) is 0 Å². The molecule has 1 atom stereocenters. The third-order valence-corrected chi connectivity index (χ3v) is 6.26. The van der Waals surface area contributed by atoms with Gasteiger partial charge in [-0.05, 0) is 42.3 Å². The molecule has 2 aromatic heterocycles. The number of hydrogen-bond donors (Lipinski definition) is 1. The third kappa shape index (κ3) is 3.83. The van der Waals surface area contributed by atoms with Crippen molar-refractivity contribution in [3.8, 4) is 0 Å². The van der Waals surface area contributed by atoms with Gasteiger partial charge >= 0.3 is 0 Å². The first-order valence-corrected chi connectivity index (χ1v) is 9.47. The van der Waals surface area contributed by atoms with Crippen molar-refractivity contribution < 1.29 is 14.6 Å². The molecule has 3 rings (SSSR count). The van der Waals surface area contributed by atoms with Crippen molar-refractivity contribution in [2.75, 3.05) is 20.2 Å². The van der Waals surface area contributed by atoms with E-state index in [0.717, 1.165) is 27.5 Å². The van der Waals surface area contributed by atoms with Crippen LogP contribution < -0.4 is 0 Å². The van der Waals surface area contributed by atoms with Gasteiger partial charge in [0, 0.05) is 30.0 Å². The Hall–Kier alpha value is -1.21. The number of aliphatic hydroxyl groups excluding tert-OH is 1. The predicted octanol–water partition coefficient (Wildman–Crippen LogP) is 3.54. The molecule has 2 aromatic rings. The molecule has 1 aliphatic heterocycles. The van der Waals surface area contributed by atoms with Crippen molar-refractivity contribution >= 4 is 28.6 Å². The number of aliphatic hydroxyl groups is 1. The SMILES string of the molecule is COCc1ccc(C(=O)N2CCC([C@@H](O)c3cccs3)CC2)s1. The first kappa shape index (κ1) is 16.6. The Kier molecular flexibility index (Phi) is 5.48. The molecule has 23 heavy (non-hydrogen) atoms. The zero-order valence-electron chi connectivity index (χ0n) is 13.1. The number of carbonyl (C=O) groups is 1. The van der Waals surface area contributed by atoms with E-state index in [4.69, 9.17) is 4.74 Å². The van der Waals surface area contributed by atoms with Gasteiger partial charge in [0.05, 0.1) is 17.6 Å². The Morgan fingerprint density at radius 2 is 2.17 bits per heavy atom. The number of methoxy groups -OCH3 is 1. The van der Waals surface area contributed by atoms with Crippen LogP contribution >= 0.6 is 22.7 Å². The molecule has 0 saturated carbocycles. The summed E-state index contributed by atoms with van der Waals surface area (Å²) < 4.78 is 5.10. The minimum absolute atomic E-state index is 0.0985. The van der Waals surface area contributed by atoms with Gasteiger partial charge in [0.1, 0.15) is 0 Å². The minimum atomic E-state index is -0.401. The lowest BCUT2D eigenvalue weighted by molar-refractivity contribution is 0.0477. The van der Waals surface area contributed by atoms with Gasteiger partial charge in [0.15, 0.2) is 0 Å². The van der Waals surface area contributed by atoms with Crippen LogP contribution in [0.5, 0.6) is 0 Å². The normalized spacial score (nSPS) is 17.4. The van der Waals surface area contributed by atoms with Crippen LogP contribution in [-0.4, -0.2) is 36.1 Å². The molecule has 0 aliphatic carbocycles. The molecule has 1 N–H and O–H groups in total. The van der Waals surface area contributed by atoms with E-state index in [1.54, 1.807) is 18.4 Å². The molecule has 124 valence electrons. The molecule has 4 nitrogen and oxygen atoms in total. The average molecular weight is 351 g/mol. The number of hydrogen-bond acceptors (Lipinski definition) is 5. The van der Waals surface area contributed by atoms with Crippen molar-refractivity contribution in [3.05, 3.63) is 44.3 Å². The van der Waals surface area contributed by atoms with Crippen LogP contribution in [0.4, 0.5) is 0 Å². The van der Waals surface area contributed by atoms with Gasteiger partial charge in [-0.15, -0.1) is 22.7 Å². The predicted molar refractivity (Wildman–Crippen MR) is 92.9 cm³/mol. The van der Waals surface area contributed by atoms with Crippen LogP contribution in [-0.2, 0) is 11.3 Å². The summed E-state index contributed by atoms with van der Waals surface area (Å²) in [7, 11) is 1.66. The van der Waals surface area contributed by atoms with Gasteiger partial charge in [0.2, 0.25) is 0 Å². The average Bonchev–Trinajstić information content (AvgIpc) is 3.26. The number of likely N-dealkylation sites (tertiary alicyclic amines) is 1. The second-order valence-electron chi connectivity index (χ2n) is 5.79. The topological polar surface area (TPSA) is 49.8 Å². The van der Waals surface area contributed by atoms with E-state index in [-0.39, 0.29) is 11.8 Å². The van der Waals surface area contributed by atoms with Gasteiger partial charge in [-0.3, -0.25) is 4.79 Å². The first-order chi connectivity index (χ1) is 11.2. The molecule has 1 saturated heterocycles. The van der Waals surface area contributed by atoms with Gasteiger partial charge in [0.25, 0.3) is 5.91 Å². The summed E-state index contributed by atoms with van der Waals surface area (Å²) in [5, 5.41) is 12.4. The second-order valence-corrected chi connectivity index (χ2v) is 7.94. The zero-order chi connectivity index (χ0) is 16.2. The van der Waals surface area contributed by atoms with E-state index in [2.05, 4.69) is 0 Å². The summed E-state index contributed by atoms with van der Waals surface area (Å²) in [5.41, 5.74) is 0. The highest BCUT2D eigenvalue weighted by atomic mass is 32.1. The highest BCUT2D eigenvalue weighted by Crippen LogP contribution is 2.33. The highest BCUT2D eigenvalue weighted by Gasteiger charge is 2.29. The van der Waals surface area contributed by atoms with E-state index >= 15 is 0 Å². The maximum Gasteiger partial charge on any atom is 0.263 e. The van der Waals surface area contributed by atoms with Crippen molar-refractivity contribution in [3.63, 3.8) is 0 Å². The minimum Gasteiger partial charge on any atom is -0.387 e. The molecular formula is C17H21NO3S2. The highest BCUT2D eigenvalue weighted by molar-refractivity contribution is 7.14. The Morgan fingerprint density at radius 1 is 1.39 bits per heavy atom. The monoisotopic (exact) mass is 351 g/mol. The van der Waals surface area contributed by atoms with Gasteiger partial charge in [-0.1, -0.05) is 6.07 Å². The molecule has 1 amide bonds. The Bertz CT molecular complexity index is 630. The molecule has 0 bridgehead atoms. The van der Waals surface area contributed by atoms with E-state index in [1.807, 2.05) is 34.5 Å². The standard InChI is InChI=1S/C17H21NO3S2/c1-21-11-13-4-5-15(23-13)17(20)18-8-6-12(7-9-18)16(19)14-3-2-10-22-14/h2-5,10,12,16,19H,6-9,11H2,1H3/t16-/m1/s1. The zero-order valence-corrected chi connectivity index (χ0v) is 14.7. The van der Waals surface area contributed by atoms with Crippen molar-refractivity contribution in [1.82, 2.24) is 4.90 Å². The number of carbonyl (C=O) groups excluding carboxylic acids is 1. The van der Waals surface area contributed by atoms with Crippen LogP contribution in [0.15, 0.2) is 29.6 Å². The lowest BCUT2D eigenvalue weighted by Gasteiger charge is -2.33. The largest absolute Gasteiger partial charge is 0.387 e. The van der Waals surface area contributed by atoms with Crippen LogP contribution in [0.1, 0.15) is 38.4 Å². The van der Waals surface area contributed by atoms with Crippen LogP contribution in [0.2, 0.25) is 0 Å². The van der Waals surface area contributed by atoms with E-state index < -0.39 is 6.10 Å². The summed E-state index contributed by atoms with van der Waals surface area (Å²) in [6.45, 7) is 1.97. The van der Waals surface area contributed by atoms with Crippen molar-refractivity contribution in [2.45, 2.75) is 25.6 Å². The molecule has 0 spiro atoms. The fourth-order valence-electron chi connectivity index (χ4n) is 2.98. The number of amides is 1. The first-order valence-electron chi connectivity index (χ1n) is 7.77. The second kappa shape index (κ2) is 7.57. The molecule has 6 heteroatoms. The fourth-order valence-corrected chi connectivity index (χ4v) is 4.73. The molecule has 1 fully saturated rings.